The first-order chi connectivity index (χ1) is 17.2. The number of ether oxygens (including phenoxy) is 1. The van der Waals surface area contributed by atoms with Crippen molar-refractivity contribution < 1.29 is 24.3 Å². The molecule has 2 heterocycles. The van der Waals surface area contributed by atoms with E-state index >= 15 is 0 Å². The minimum Gasteiger partial charge on any atom is -0.490 e. The van der Waals surface area contributed by atoms with E-state index < -0.39 is 18.1 Å². The van der Waals surface area contributed by atoms with Crippen LogP contribution in [0.5, 0.6) is 5.75 Å². The van der Waals surface area contributed by atoms with Gasteiger partial charge >= 0.3 is 0 Å². The topological polar surface area (TPSA) is 170 Å². The zero-order valence-corrected chi connectivity index (χ0v) is 20.7. The quantitative estimate of drug-likeness (QED) is 0.291. The van der Waals surface area contributed by atoms with E-state index in [1.807, 2.05) is 32.9 Å². The van der Waals surface area contributed by atoms with Crippen LogP contribution >= 0.6 is 0 Å². The molecule has 36 heavy (non-hydrogen) atoms. The lowest BCUT2D eigenvalue weighted by molar-refractivity contribution is -0.127. The third-order valence-electron chi connectivity index (χ3n) is 5.98. The summed E-state index contributed by atoms with van der Waals surface area (Å²) in [6, 6.07) is 5.59. The average molecular weight is 497 g/mol. The fourth-order valence-corrected chi connectivity index (χ4v) is 3.83. The van der Waals surface area contributed by atoms with Gasteiger partial charge in [-0.1, -0.05) is 12.1 Å². The van der Waals surface area contributed by atoms with Crippen LogP contribution in [0.4, 0.5) is 5.95 Å². The zero-order chi connectivity index (χ0) is 25.8. The smallest absolute Gasteiger partial charge is 0.277 e. The van der Waals surface area contributed by atoms with Crippen LogP contribution in [0.2, 0.25) is 0 Å². The second kappa shape index (κ2) is 11.0. The van der Waals surface area contributed by atoms with Gasteiger partial charge in [0.1, 0.15) is 24.2 Å². The largest absolute Gasteiger partial charge is 0.490 e. The number of carbonyl (C=O) groups is 1. The maximum Gasteiger partial charge on any atom is 0.277 e. The van der Waals surface area contributed by atoms with Gasteiger partial charge in [-0.05, 0) is 68.4 Å². The lowest BCUT2D eigenvalue weighted by Gasteiger charge is -2.18. The molecule has 1 fully saturated rings. The summed E-state index contributed by atoms with van der Waals surface area (Å²) >= 11 is 0. The molecule has 0 aliphatic heterocycles. The van der Waals surface area contributed by atoms with Crippen LogP contribution in [-0.2, 0) is 11.2 Å². The predicted molar refractivity (Wildman–Crippen MR) is 132 cm³/mol. The number of nitrogens with one attached hydrogen (secondary N) is 1. The van der Waals surface area contributed by atoms with Crippen LogP contribution < -0.4 is 15.8 Å². The van der Waals surface area contributed by atoms with Crippen LogP contribution in [0.15, 0.2) is 22.7 Å². The molecule has 1 aliphatic rings. The van der Waals surface area contributed by atoms with Crippen LogP contribution in [0.25, 0.3) is 23.0 Å². The molecule has 2 aromatic heterocycles. The molecule has 5 N–H and O–H groups in total. The van der Waals surface area contributed by atoms with Crippen molar-refractivity contribution in [2.45, 2.75) is 58.7 Å². The first kappa shape index (κ1) is 25.5. The molecule has 11 nitrogen and oxygen atoms in total. The zero-order valence-electron chi connectivity index (χ0n) is 20.7. The lowest BCUT2D eigenvalue weighted by atomic mass is 10.0. The number of aromatic nitrogens is 4. The summed E-state index contributed by atoms with van der Waals surface area (Å²) < 4.78 is 11.4. The van der Waals surface area contributed by atoms with Crippen LogP contribution in [0.3, 0.4) is 0 Å². The Morgan fingerprint density at radius 3 is 2.69 bits per heavy atom. The summed E-state index contributed by atoms with van der Waals surface area (Å²) in [4.78, 5) is 24.6. The molecular formula is C25H32N6O5. The number of hydrogen-bond acceptors (Lipinski definition) is 10. The van der Waals surface area contributed by atoms with Gasteiger partial charge in [-0.15, -0.1) is 0 Å². The third-order valence-corrected chi connectivity index (χ3v) is 5.98. The van der Waals surface area contributed by atoms with Gasteiger partial charge in [0.2, 0.25) is 17.7 Å². The van der Waals surface area contributed by atoms with Crippen LogP contribution in [0.1, 0.15) is 43.0 Å². The maximum absolute atomic E-state index is 11.0. The highest BCUT2D eigenvalue weighted by Crippen LogP contribution is 2.32. The van der Waals surface area contributed by atoms with E-state index in [4.69, 9.17) is 15.0 Å². The second-order valence-corrected chi connectivity index (χ2v) is 9.22. The Labute approximate surface area is 209 Å². The van der Waals surface area contributed by atoms with Crippen molar-refractivity contribution in [3.63, 3.8) is 0 Å². The van der Waals surface area contributed by atoms with Crippen molar-refractivity contribution in [2.75, 3.05) is 18.5 Å². The average Bonchev–Trinajstić information content (AvgIpc) is 3.54. The number of aryl methyl sites for hydroxylation is 3. The minimum atomic E-state index is -1.42. The molecule has 192 valence electrons. The molecule has 11 heteroatoms. The Balaban J connectivity index is 1.50. The van der Waals surface area contributed by atoms with E-state index in [2.05, 4.69) is 25.4 Å². The molecule has 1 unspecified atom stereocenters. The Morgan fingerprint density at radius 1 is 1.22 bits per heavy atom. The highest BCUT2D eigenvalue weighted by Gasteiger charge is 2.22. The third kappa shape index (κ3) is 6.35. The van der Waals surface area contributed by atoms with Gasteiger partial charge in [0.25, 0.3) is 5.89 Å². The number of benzene rings is 1. The number of aliphatic hydroxyl groups is 2. The number of carbonyl (C=O) groups excluding carboxylic acids is 1. The molecular weight excluding hydrogens is 464 g/mol. The van der Waals surface area contributed by atoms with Gasteiger partial charge in [0, 0.05) is 24.2 Å². The van der Waals surface area contributed by atoms with Gasteiger partial charge in [-0.2, -0.15) is 4.98 Å². The molecule has 1 amide bonds. The molecule has 1 aliphatic carbocycles. The van der Waals surface area contributed by atoms with E-state index in [9.17, 15) is 15.0 Å². The van der Waals surface area contributed by atoms with Crippen molar-refractivity contribution in [3.05, 3.63) is 35.0 Å². The number of aliphatic hydroxyl groups excluding tert-OH is 2. The highest BCUT2D eigenvalue weighted by atomic mass is 16.5. The summed E-state index contributed by atoms with van der Waals surface area (Å²) in [6.07, 6.45) is 0.474. The molecule has 4 rings (SSSR count). The SMILES string of the molecule is CCc1cc(-c2noc(-c3cc(C)nc(NCC4CC4)n3)n2)cc(C)c1OC[C@@H](O)CC(O)C(N)=O. The first-order valence-corrected chi connectivity index (χ1v) is 12.1. The van der Waals surface area contributed by atoms with Crippen molar-refractivity contribution in [1.29, 1.82) is 0 Å². The molecule has 0 radical (unpaired) electrons. The number of rotatable bonds is 12. The predicted octanol–water partition coefficient (Wildman–Crippen LogP) is 2.17. The molecule has 3 aromatic rings. The number of hydrogen-bond donors (Lipinski definition) is 4. The molecule has 0 bridgehead atoms. The van der Waals surface area contributed by atoms with E-state index in [-0.39, 0.29) is 13.0 Å². The number of anilines is 1. The summed E-state index contributed by atoms with van der Waals surface area (Å²) in [5.41, 5.74) is 8.87. The molecule has 1 saturated carbocycles. The molecule has 1 aromatic carbocycles. The Bertz CT molecular complexity index is 1230. The Kier molecular flexibility index (Phi) is 7.80. The molecule has 0 saturated heterocycles. The lowest BCUT2D eigenvalue weighted by Crippen LogP contribution is -2.33. The summed E-state index contributed by atoms with van der Waals surface area (Å²) in [7, 11) is 0. The fraction of sp³-hybridized carbons (Fsp3) is 0.480. The standard InChI is InChI=1S/C25H32N6O5/c1-4-16-9-17(7-13(2)21(16)35-12-18(32)10-20(33)22(26)34)23-30-24(36-31-23)19-8-14(3)28-25(29-19)27-11-15-5-6-15/h7-9,15,18,20,32-33H,4-6,10-12H2,1-3H3,(H2,26,34)(H,27,28,29)/t18-,20?/m0/s1. The van der Waals surface area contributed by atoms with Crippen LogP contribution in [0, 0.1) is 19.8 Å². The van der Waals surface area contributed by atoms with Gasteiger partial charge in [0.15, 0.2) is 0 Å². The van der Waals surface area contributed by atoms with E-state index in [1.54, 1.807) is 6.07 Å². The van der Waals surface area contributed by atoms with Crippen molar-refractivity contribution in [3.8, 4) is 28.7 Å². The molecule has 0 spiro atoms. The summed E-state index contributed by atoms with van der Waals surface area (Å²) in [6.45, 7) is 6.53. The number of nitrogens with two attached hydrogens (primary N) is 1. The van der Waals surface area contributed by atoms with E-state index in [0.717, 1.165) is 28.9 Å². The van der Waals surface area contributed by atoms with Gasteiger partial charge in [-0.25, -0.2) is 9.97 Å². The minimum absolute atomic E-state index is 0.0892. The Morgan fingerprint density at radius 2 is 2.00 bits per heavy atom. The van der Waals surface area contributed by atoms with E-state index in [0.29, 0.717) is 41.4 Å². The van der Waals surface area contributed by atoms with Crippen molar-refractivity contribution in [2.24, 2.45) is 11.7 Å². The summed E-state index contributed by atoms with van der Waals surface area (Å²) in [5, 5.41) is 27.1. The fourth-order valence-electron chi connectivity index (χ4n) is 3.83. The highest BCUT2D eigenvalue weighted by molar-refractivity contribution is 5.78. The van der Waals surface area contributed by atoms with Crippen LogP contribution in [-0.4, -0.2) is 61.6 Å². The van der Waals surface area contributed by atoms with Crippen molar-refractivity contribution in [1.82, 2.24) is 20.1 Å². The second-order valence-electron chi connectivity index (χ2n) is 9.22. The van der Waals surface area contributed by atoms with Gasteiger partial charge in [0.05, 0.1) is 6.10 Å². The maximum atomic E-state index is 11.0. The van der Waals surface area contributed by atoms with Crippen molar-refractivity contribution >= 4 is 11.9 Å². The summed E-state index contributed by atoms with van der Waals surface area (Å²) in [5.74, 6) is 1.70. The van der Waals surface area contributed by atoms with E-state index in [1.165, 1.54) is 12.8 Å². The number of nitrogens with zero attached hydrogens (tertiary/aromatic N) is 4. The Hall–Kier alpha value is -3.57. The van der Waals surface area contributed by atoms with Gasteiger partial charge < -0.3 is 30.5 Å². The molecule has 2 atom stereocenters. The number of amides is 1. The van der Waals surface area contributed by atoms with Gasteiger partial charge in [-0.3, -0.25) is 4.79 Å². The normalized spacial score (nSPS) is 14.9. The number of primary amides is 1. The first-order valence-electron chi connectivity index (χ1n) is 12.1. The monoisotopic (exact) mass is 496 g/mol.